The van der Waals surface area contributed by atoms with Gasteiger partial charge in [-0.15, -0.1) is 0 Å². The van der Waals surface area contributed by atoms with Gasteiger partial charge in [0.1, 0.15) is 0 Å². The first-order chi connectivity index (χ1) is 10.7. The number of benzene rings is 1. The molecule has 1 fully saturated rings. The van der Waals surface area contributed by atoms with E-state index in [4.69, 9.17) is 4.74 Å². The summed E-state index contributed by atoms with van der Waals surface area (Å²) < 4.78 is 44.2. The highest BCUT2D eigenvalue weighted by Gasteiger charge is 2.49. The average molecular weight is 327 g/mol. The lowest BCUT2D eigenvalue weighted by atomic mass is 10.0. The largest absolute Gasteiger partial charge is 0.416 e. The number of amides is 1. The lowest BCUT2D eigenvalue weighted by molar-refractivity contribution is -0.267. The van der Waals surface area contributed by atoms with Crippen LogP contribution in [0.3, 0.4) is 0 Å². The second kappa shape index (κ2) is 5.23. The van der Waals surface area contributed by atoms with Gasteiger partial charge in [-0.2, -0.15) is 18.3 Å². The maximum Gasteiger partial charge on any atom is 0.416 e. The first-order valence-electron chi connectivity index (χ1n) is 7.14. The lowest BCUT2D eigenvalue weighted by Crippen LogP contribution is -2.58. The summed E-state index contributed by atoms with van der Waals surface area (Å²) >= 11 is 0. The molecule has 0 bridgehead atoms. The highest BCUT2D eigenvalue weighted by atomic mass is 19.4. The van der Waals surface area contributed by atoms with Crippen LogP contribution in [0.15, 0.2) is 24.3 Å². The standard InChI is InChI=1S/C15H16F3N3O2/c1-14(2)8-21(7-11(23-14)15(16,17)18)13(22)12-9-5-3-4-6-10(9)19-20-12/h3-6,11H,7-8H2,1-2H3,(H,19,20). The Labute approximate surface area is 130 Å². The molecule has 1 aromatic heterocycles. The molecule has 2 heterocycles. The minimum Gasteiger partial charge on any atom is -0.359 e. The van der Waals surface area contributed by atoms with Gasteiger partial charge in [0.2, 0.25) is 0 Å². The van der Waals surface area contributed by atoms with Crippen LogP contribution in [0.25, 0.3) is 10.9 Å². The molecule has 1 N–H and O–H groups in total. The molecule has 3 rings (SSSR count). The van der Waals surface area contributed by atoms with Crippen molar-refractivity contribution in [1.82, 2.24) is 15.1 Å². The zero-order valence-corrected chi connectivity index (χ0v) is 12.6. The van der Waals surface area contributed by atoms with Crippen LogP contribution >= 0.6 is 0 Å². The Kier molecular flexibility index (Phi) is 3.59. The van der Waals surface area contributed by atoms with Crippen molar-refractivity contribution in [2.45, 2.75) is 31.7 Å². The lowest BCUT2D eigenvalue weighted by Gasteiger charge is -2.42. The Morgan fingerprint density at radius 3 is 2.78 bits per heavy atom. The molecule has 1 saturated heterocycles. The van der Waals surface area contributed by atoms with Crippen LogP contribution in [-0.4, -0.2) is 52.0 Å². The Bertz CT molecular complexity index is 739. The minimum absolute atomic E-state index is 0.0690. The highest BCUT2D eigenvalue weighted by molar-refractivity contribution is 6.04. The summed E-state index contributed by atoms with van der Waals surface area (Å²) in [6.45, 7) is 2.61. The third-order valence-electron chi connectivity index (χ3n) is 3.74. The van der Waals surface area contributed by atoms with Crippen molar-refractivity contribution in [3.8, 4) is 0 Å². The Hall–Kier alpha value is -2.09. The summed E-state index contributed by atoms with van der Waals surface area (Å²) in [5.74, 6) is -0.534. The van der Waals surface area contributed by atoms with E-state index in [1.165, 1.54) is 13.8 Å². The van der Waals surface area contributed by atoms with E-state index in [1.54, 1.807) is 24.3 Å². The van der Waals surface area contributed by atoms with Gasteiger partial charge in [0.05, 0.1) is 17.7 Å². The number of morpholine rings is 1. The first kappa shape index (κ1) is 15.8. The van der Waals surface area contributed by atoms with Crippen molar-refractivity contribution in [2.24, 2.45) is 0 Å². The molecule has 1 unspecified atom stereocenters. The topological polar surface area (TPSA) is 58.2 Å². The third kappa shape index (κ3) is 3.03. The molecule has 0 spiro atoms. The molecule has 0 radical (unpaired) electrons. The van der Waals surface area contributed by atoms with E-state index in [2.05, 4.69) is 10.2 Å². The van der Waals surface area contributed by atoms with E-state index in [-0.39, 0.29) is 12.2 Å². The smallest absolute Gasteiger partial charge is 0.359 e. The molecule has 0 aliphatic carbocycles. The van der Waals surface area contributed by atoms with E-state index in [9.17, 15) is 18.0 Å². The molecular formula is C15H16F3N3O2. The fourth-order valence-electron chi connectivity index (χ4n) is 2.79. The average Bonchev–Trinajstić information content (AvgIpc) is 2.87. The van der Waals surface area contributed by atoms with Gasteiger partial charge in [0.25, 0.3) is 5.91 Å². The van der Waals surface area contributed by atoms with Gasteiger partial charge in [0.15, 0.2) is 11.8 Å². The maximum absolute atomic E-state index is 13.0. The fourth-order valence-corrected chi connectivity index (χ4v) is 2.79. The van der Waals surface area contributed by atoms with Crippen molar-refractivity contribution in [2.75, 3.05) is 13.1 Å². The van der Waals surface area contributed by atoms with E-state index in [1.807, 2.05) is 0 Å². The number of hydrogen-bond donors (Lipinski definition) is 1. The number of alkyl halides is 3. The quantitative estimate of drug-likeness (QED) is 0.876. The maximum atomic E-state index is 13.0. The summed E-state index contributed by atoms with van der Waals surface area (Å²) in [4.78, 5) is 13.8. The second-order valence-electron chi connectivity index (χ2n) is 6.21. The number of aromatic nitrogens is 2. The van der Waals surface area contributed by atoms with Gasteiger partial charge >= 0.3 is 6.18 Å². The fraction of sp³-hybridized carbons (Fsp3) is 0.467. The SMILES string of the molecule is CC1(C)CN(C(=O)c2n[nH]c3ccccc23)CC(C(F)(F)F)O1. The number of aromatic amines is 1. The van der Waals surface area contributed by atoms with Gasteiger partial charge < -0.3 is 9.64 Å². The van der Waals surface area contributed by atoms with Gasteiger partial charge in [0, 0.05) is 11.9 Å². The normalized spacial score (nSPS) is 21.6. The van der Waals surface area contributed by atoms with Crippen LogP contribution < -0.4 is 0 Å². The van der Waals surface area contributed by atoms with Crippen molar-refractivity contribution < 1.29 is 22.7 Å². The van der Waals surface area contributed by atoms with E-state index in [0.29, 0.717) is 10.9 Å². The Morgan fingerprint density at radius 1 is 1.39 bits per heavy atom. The number of fused-ring (bicyclic) bond motifs is 1. The predicted molar refractivity (Wildman–Crippen MR) is 77.0 cm³/mol. The number of para-hydroxylation sites is 1. The molecule has 124 valence electrons. The number of H-pyrrole nitrogens is 1. The zero-order chi connectivity index (χ0) is 16.8. The number of nitrogens with one attached hydrogen (secondary N) is 1. The summed E-state index contributed by atoms with van der Waals surface area (Å²) in [7, 11) is 0. The second-order valence-corrected chi connectivity index (χ2v) is 6.21. The highest BCUT2D eigenvalue weighted by Crippen LogP contribution is 2.32. The van der Waals surface area contributed by atoms with Crippen LogP contribution in [0, 0.1) is 0 Å². The first-order valence-corrected chi connectivity index (χ1v) is 7.14. The summed E-state index contributed by atoms with van der Waals surface area (Å²) in [5, 5.41) is 7.27. The van der Waals surface area contributed by atoms with E-state index < -0.39 is 30.3 Å². The number of hydrogen-bond acceptors (Lipinski definition) is 3. The molecular weight excluding hydrogens is 311 g/mol. The predicted octanol–water partition coefficient (Wildman–Crippen LogP) is 2.74. The Balaban J connectivity index is 1.92. The number of rotatable bonds is 1. The van der Waals surface area contributed by atoms with Crippen molar-refractivity contribution in [3.63, 3.8) is 0 Å². The van der Waals surface area contributed by atoms with Crippen molar-refractivity contribution in [1.29, 1.82) is 0 Å². The van der Waals surface area contributed by atoms with Gasteiger partial charge in [-0.25, -0.2) is 0 Å². The molecule has 0 saturated carbocycles. The molecule has 1 aliphatic rings. The van der Waals surface area contributed by atoms with Gasteiger partial charge in [-0.1, -0.05) is 18.2 Å². The minimum atomic E-state index is -4.52. The van der Waals surface area contributed by atoms with Crippen LogP contribution in [0.1, 0.15) is 24.3 Å². The van der Waals surface area contributed by atoms with Gasteiger partial charge in [-0.05, 0) is 19.9 Å². The number of carbonyl (C=O) groups excluding carboxylic acids is 1. The molecule has 1 aromatic carbocycles. The van der Waals surface area contributed by atoms with Gasteiger partial charge in [-0.3, -0.25) is 9.89 Å². The summed E-state index contributed by atoms with van der Waals surface area (Å²) in [5.41, 5.74) is -0.296. The summed E-state index contributed by atoms with van der Waals surface area (Å²) in [6.07, 6.45) is -6.52. The van der Waals surface area contributed by atoms with Crippen LogP contribution in [0.5, 0.6) is 0 Å². The number of halogens is 3. The molecule has 23 heavy (non-hydrogen) atoms. The van der Waals surface area contributed by atoms with E-state index >= 15 is 0 Å². The molecule has 2 aromatic rings. The molecule has 1 aliphatic heterocycles. The Morgan fingerprint density at radius 2 is 2.09 bits per heavy atom. The summed E-state index contributed by atoms with van der Waals surface area (Å²) in [6, 6.07) is 6.99. The van der Waals surface area contributed by atoms with E-state index in [0.717, 1.165) is 4.90 Å². The number of carbonyl (C=O) groups is 1. The van der Waals surface area contributed by atoms with Crippen LogP contribution in [0.4, 0.5) is 13.2 Å². The molecule has 8 heteroatoms. The zero-order valence-electron chi connectivity index (χ0n) is 12.6. The van der Waals surface area contributed by atoms with Crippen molar-refractivity contribution in [3.05, 3.63) is 30.0 Å². The number of ether oxygens (including phenoxy) is 1. The molecule has 1 atom stereocenters. The van der Waals surface area contributed by atoms with Crippen LogP contribution in [0.2, 0.25) is 0 Å². The monoisotopic (exact) mass is 327 g/mol. The third-order valence-corrected chi connectivity index (χ3v) is 3.74. The van der Waals surface area contributed by atoms with Crippen molar-refractivity contribution >= 4 is 16.8 Å². The number of nitrogens with zero attached hydrogens (tertiary/aromatic N) is 2. The van der Waals surface area contributed by atoms with Crippen LogP contribution in [-0.2, 0) is 4.74 Å². The molecule has 1 amide bonds. The molecule has 5 nitrogen and oxygen atoms in total.